The zero-order valence-electron chi connectivity index (χ0n) is 14.7. The van der Waals surface area contributed by atoms with E-state index >= 15 is 0 Å². The van der Waals surface area contributed by atoms with E-state index in [0.717, 1.165) is 10.0 Å². The first-order valence-electron chi connectivity index (χ1n) is 7.88. The van der Waals surface area contributed by atoms with E-state index in [1.54, 1.807) is 37.5 Å². The third kappa shape index (κ3) is 6.84. The van der Waals surface area contributed by atoms with Crippen molar-refractivity contribution >= 4 is 62.5 Å². The number of hydrogen-bond donors (Lipinski definition) is 3. The van der Waals surface area contributed by atoms with Crippen molar-refractivity contribution in [3.63, 3.8) is 0 Å². The van der Waals surface area contributed by atoms with Crippen molar-refractivity contribution in [2.45, 2.75) is 6.92 Å². The van der Waals surface area contributed by atoms with Crippen LogP contribution in [0.15, 0.2) is 53.0 Å². The molecule has 8 heteroatoms. The Bertz CT molecular complexity index is 882. The van der Waals surface area contributed by atoms with E-state index in [1.807, 2.05) is 18.2 Å². The van der Waals surface area contributed by atoms with Crippen LogP contribution in [0.1, 0.15) is 12.5 Å². The minimum absolute atomic E-state index is 0.213. The van der Waals surface area contributed by atoms with Gasteiger partial charge in [-0.15, -0.1) is 0 Å². The fourth-order valence-electron chi connectivity index (χ4n) is 2.14. The summed E-state index contributed by atoms with van der Waals surface area (Å²) in [6.07, 6.45) is 3.11. The zero-order valence-corrected chi connectivity index (χ0v) is 17.1. The number of carbonyl (C=O) groups is 2. The predicted molar refractivity (Wildman–Crippen MR) is 115 cm³/mol. The highest BCUT2D eigenvalue weighted by molar-refractivity contribution is 9.10. The molecule has 0 saturated heterocycles. The van der Waals surface area contributed by atoms with E-state index in [0.29, 0.717) is 17.1 Å². The summed E-state index contributed by atoms with van der Waals surface area (Å²) in [5, 5.41) is 8.33. The van der Waals surface area contributed by atoms with E-state index in [4.69, 9.17) is 17.0 Å². The van der Waals surface area contributed by atoms with E-state index in [2.05, 4.69) is 31.9 Å². The maximum Gasteiger partial charge on any atom is 0.248 e. The van der Waals surface area contributed by atoms with Gasteiger partial charge in [0.2, 0.25) is 11.8 Å². The highest BCUT2D eigenvalue weighted by Crippen LogP contribution is 2.24. The van der Waals surface area contributed by atoms with Gasteiger partial charge in [-0.25, -0.2) is 0 Å². The van der Waals surface area contributed by atoms with Crippen LogP contribution >= 0.6 is 28.1 Å². The SMILES string of the molecule is COc1ccc(Br)cc1/C=C/C(=O)Nc1ccc(NC(=S)NC(C)=O)cc1. The number of nitrogens with one attached hydrogen (secondary N) is 3. The molecule has 27 heavy (non-hydrogen) atoms. The lowest BCUT2D eigenvalue weighted by Crippen LogP contribution is -2.32. The summed E-state index contributed by atoms with van der Waals surface area (Å²) < 4.78 is 6.16. The van der Waals surface area contributed by atoms with Crippen molar-refractivity contribution in [2.24, 2.45) is 0 Å². The summed E-state index contributed by atoms with van der Waals surface area (Å²) in [5.74, 6) is 0.157. The number of hydrogen-bond acceptors (Lipinski definition) is 4. The highest BCUT2D eigenvalue weighted by atomic mass is 79.9. The summed E-state index contributed by atoms with van der Waals surface area (Å²) in [7, 11) is 1.58. The van der Waals surface area contributed by atoms with E-state index in [-0.39, 0.29) is 16.9 Å². The number of amides is 2. The molecule has 0 radical (unpaired) electrons. The molecule has 2 rings (SSSR count). The molecule has 0 aliphatic carbocycles. The Labute approximate surface area is 171 Å². The smallest absolute Gasteiger partial charge is 0.248 e. The van der Waals surface area contributed by atoms with Gasteiger partial charge >= 0.3 is 0 Å². The average Bonchev–Trinajstić information content (AvgIpc) is 2.61. The number of methoxy groups -OCH3 is 1. The maximum atomic E-state index is 12.1. The molecule has 2 aromatic rings. The number of carbonyl (C=O) groups excluding carboxylic acids is 2. The van der Waals surface area contributed by atoms with Crippen molar-refractivity contribution in [1.29, 1.82) is 0 Å². The number of thiocarbonyl (C=S) groups is 1. The molecule has 0 spiro atoms. The van der Waals surface area contributed by atoms with Crippen LogP contribution in [-0.4, -0.2) is 24.0 Å². The van der Waals surface area contributed by atoms with Crippen LogP contribution in [0.3, 0.4) is 0 Å². The molecule has 0 aliphatic rings. The van der Waals surface area contributed by atoms with Crippen LogP contribution in [0.2, 0.25) is 0 Å². The van der Waals surface area contributed by atoms with Gasteiger partial charge in [0.1, 0.15) is 5.75 Å². The fourth-order valence-corrected chi connectivity index (χ4v) is 2.78. The Kier molecular flexibility index (Phi) is 7.51. The number of ether oxygens (including phenoxy) is 1. The van der Waals surface area contributed by atoms with Gasteiger partial charge in [-0.1, -0.05) is 15.9 Å². The molecule has 0 aliphatic heterocycles. The number of anilines is 2. The lowest BCUT2D eigenvalue weighted by atomic mass is 10.2. The molecule has 0 atom stereocenters. The van der Waals surface area contributed by atoms with Crippen molar-refractivity contribution in [3.8, 4) is 5.75 Å². The second kappa shape index (κ2) is 9.84. The Morgan fingerprint density at radius 2 is 1.70 bits per heavy atom. The van der Waals surface area contributed by atoms with Crippen molar-refractivity contribution < 1.29 is 14.3 Å². The summed E-state index contributed by atoms with van der Waals surface area (Å²) in [5.41, 5.74) is 2.11. The van der Waals surface area contributed by atoms with Gasteiger partial charge < -0.3 is 20.7 Å². The molecular formula is C19H18BrN3O3S. The van der Waals surface area contributed by atoms with Crippen LogP contribution in [0, 0.1) is 0 Å². The lowest BCUT2D eigenvalue weighted by molar-refractivity contribution is -0.117. The molecule has 0 unspecified atom stereocenters. The van der Waals surface area contributed by atoms with Crippen molar-refractivity contribution in [2.75, 3.05) is 17.7 Å². The van der Waals surface area contributed by atoms with Crippen LogP contribution in [0.5, 0.6) is 5.75 Å². The lowest BCUT2D eigenvalue weighted by Gasteiger charge is -2.09. The molecule has 6 nitrogen and oxygen atoms in total. The van der Waals surface area contributed by atoms with Gasteiger partial charge in [-0.05, 0) is 60.8 Å². The minimum Gasteiger partial charge on any atom is -0.496 e. The zero-order chi connectivity index (χ0) is 19.8. The monoisotopic (exact) mass is 447 g/mol. The first kappa shape index (κ1) is 20.6. The first-order valence-corrected chi connectivity index (χ1v) is 9.09. The van der Waals surface area contributed by atoms with Crippen LogP contribution < -0.4 is 20.7 Å². The fraction of sp³-hybridized carbons (Fsp3) is 0.105. The second-order valence-corrected chi connectivity index (χ2v) is 6.75. The molecule has 2 aromatic carbocycles. The standard InChI is InChI=1S/C19H18BrN3O3S/c1-12(24)21-19(27)23-16-7-5-15(6-8-16)22-18(25)10-3-13-11-14(20)4-9-17(13)26-2/h3-11H,1-2H3,(H,22,25)(H2,21,23,24,27)/b10-3+. The largest absolute Gasteiger partial charge is 0.496 e. The van der Waals surface area contributed by atoms with Gasteiger partial charge in [-0.2, -0.15) is 0 Å². The van der Waals surface area contributed by atoms with Gasteiger partial charge in [0, 0.05) is 34.4 Å². The van der Waals surface area contributed by atoms with Gasteiger partial charge in [0.25, 0.3) is 0 Å². The Morgan fingerprint density at radius 3 is 2.30 bits per heavy atom. The highest BCUT2D eigenvalue weighted by Gasteiger charge is 2.03. The predicted octanol–water partition coefficient (Wildman–Crippen LogP) is 3.94. The molecule has 0 saturated carbocycles. The van der Waals surface area contributed by atoms with Gasteiger partial charge in [-0.3, -0.25) is 9.59 Å². The van der Waals surface area contributed by atoms with Crippen LogP contribution in [0.4, 0.5) is 11.4 Å². The van der Waals surface area contributed by atoms with Gasteiger partial charge in [0.05, 0.1) is 7.11 Å². The number of halogens is 1. The molecule has 0 fully saturated rings. The Hall–Kier alpha value is -2.71. The molecule has 140 valence electrons. The van der Waals surface area contributed by atoms with E-state index < -0.39 is 0 Å². The molecule has 0 heterocycles. The molecule has 3 N–H and O–H groups in total. The summed E-state index contributed by atoms with van der Waals surface area (Å²) in [4.78, 5) is 23.1. The quantitative estimate of drug-likeness (QED) is 0.477. The van der Waals surface area contributed by atoms with Crippen molar-refractivity contribution in [3.05, 3.63) is 58.6 Å². The number of benzene rings is 2. The summed E-state index contributed by atoms with van der Waals surface area (Å²) >= 11 is 8.38. The third-order valence-electron chi connectivity index (χ3n) is 3.31. The normalized spacial score (nSPS) is 10.3. The first-order chi connectivity index (χ1) is 12.9. The minimum atomic E-state index is -0.272. The van der Waals surface area contributed by atoms with E-state index in [1.165, 1.54) is 13.0 Å². The third-order valence-corrected chi connectivity index (χ3v) is 4.00. The average molecular weight is 448 g/mol. The second-order valence-electron chi connectivity index (χ2n) is 5.42. The molecule has 2 amide bonds. The van der Waals surface area contributed by atoms with Crippen LogP contribution in [-0.2, 0) is 9.59 Å². The van der Waals surface area contributed by atoms with Gasteiger partial charge in [0.15, 0.2) is 5.11 Å². The summed E-state index contributed by atoms with van der Waals surface area (Å²) in [6, 6.07) is 12.5. The van der Waals surface area contributed by atoms with Crippen LogP contribution in [0.25, 0.3) is 6.08 Å². The molecule has 0 bridgehead atoms. The van der Waals surface area contributed by atoms with E-state index in [9.17, 15) is 9.59 Å². The molecular weight excluding hydrogens is 430 g/mol. The van der Waals surface area contributed by atoms with Crippen molar-refractivity contribution in [1.82, 2.24) is 5.32 Å². The Balaban J connectivity index is 1.97. The summed E-state index contributed by atoms with van der Waals surface area (Å²) in [6.45, 7) is 1.38. The Morgan fingerprint density at radius 1 is 1.07 bits per heavy atom. The topological polar surface area (TPSA) is 79.5 Å². The maximum absolute atomic E-state index is 12.1. The molecule has 0 aromatic heterocycles. The number of rotatable bonds is 5.